The van der Waals surface area contributed by atoms with E-state index in [0.29, 0.717) is 11.6 Å². The maximum atomic E-state index is 12.1. The summed E-state index contributed by atoms with van der Waals surface area (Å²) in [6.07, 6.45) is 1.68. The molecule has 0 atom stereocenters. The number of amides is 1. The zero-order valence-corrected chi connectivity index (χ0v) is 13.6. The molecule has 1 amide bonds. The highest BCUT2D eigenvalue weighted by atomic mass is 79.9. The quantitative estimate of drug-likeness (QED) is 0.853. The Morgan fingerprint density at radius 2 is 1.81 bits per heavy atom. The topological polar surface area (TPSA) is 54.0 Å². The lowest BCUT2D eigenvalue weighted by atomic mass is 10.2. The van der Waals surface area contributed by atoms with Crippen LogP contribution in [0.2, 0.25) is 0 Å². The Hall–Kier alpha value is -1.88. The summed E-state index contributed by atoms with van der Waals surface area (Å²) in [7, 11) is 0. The van der Waals surface area contributed by atoms with Crippen molar-refractivity contribution in [3.8, 4) is 0 Å². The van der Waals surface area contributed by atoms with Gasteiger partial charge in [0.1, 0.15) is 5.69 Å². The van der Waals surface area contributed by atoms with Crippen LogP contribution in [0.3, 0.4) is 0 Å². The SMILES string of the molecule is CC(C)CNc1ccc(C(=O)Nc2ccc(Br)cc2)nc1. The molecule has 2 N–H and O–H groups in total. The van der Waals surface area contributed by atoms with E-state index in [-0.39, 0.29) is 5.91 Å². The van der Waals surface area contributed by atoms with Gasteiger partial charge in [-0.2, -0.15) is 0 Å². The number of carbonyl (C=O) groups excluding carboxylic acids is 1. The summed E-state index contributed by atoms with van der Waals surface area (Å²) in [6, 6.07) is 11.0. The van der Waals surface area contributed by atoms with Gasteiger partial charge in [0.15, 0.2) is 0 Å². The molecule has 0 aliphatic carbocycles. The third-order valence-electron chi connectivity index (χ3n) is 2.81. The summed E-state index contributed by atoms with van der Waals surface area (Å²) < 4.78 is 0.971. The van der Waals surface area contributed by atoms with E-state index in [4.69, 9.17) is 0 Å². The molecular formula is C16H18BrN3O. The van der Waals surface area contributed by atoms with E-state index < -0.39 is 0 Å². The van der Waals surface area contributed by atoms with E-state index >= 15 is 0 Å². The number of nitrogens with zero attached hydrogens (tertiary/aromatic N) is 1. The van der Waals surface area contributed by atoms with Crippen LogP contribution in [0, 0.1) is 5.92 Å². The first kappa shape index (κ1) is 15.5. The van der Waals surface area contributed by atoms with E-state index in [1.165, 1.54) is 0 Å². The van der Waals surface area contributed by atoms with Crippen LogP contribution in [0.5, 0.6) is 0 Å². The zero-order valence-electron chi connectivity index (χ0n) is 12.1. The number of pyridine rings is 1. The molecule has 21 heavy (non-hydrogen) atoms. The second-order valence-corrected chi connectivity index (χ2v) is 6.08. The summed E-state index contributed by atoms with van der Waals surface area (Å²) in [5.41, 5.74) is 2.06. The van der Waals surface area contributed by atoms with Crippen LogP contribution in [-0.4, -0.2) is 17.4 Å². The standard InChI is InChI=1S/C16H18BrN3O/c1-11(2)9-18-14-7-8-15(19-10-14)16(21)20-13-5-3-12(17)4-6-13/h3-8,10-11,18H,9H2,1-2H3,(H,20,21). The van der Waals surface area contributed by atoms with Gasteiger partial charge < -0.3 is 10.6 Å². The number of anilines is 2. The molecule has 2 aromatic rings. The molecule has 5 heteroatoms. The molecule has 0 radical (unpaired) electrons. The Kier molecular flexibility index (Phi) is 5.33. The zero-order chi connectivity index (χ0) is 15.2. The first-order valence-electron chi connectivity index (χ1n) is 6.81. The van der Waals surface area contributed by atoms with Crippen molar-refractivity contribution < 1.29 is 4.79 Å². The Bertz CT molecular complexity index is 594. The number of hydrogen-bond acceptors (Lipinski definition) is 3. The second kappa shape index (κ2) is 7.22. The predicted molar refractivity (Wildman–Crippen MR) is 89.7 cm³/mol. The van der Waals surface area contributed by atoms with Crippen LogP contribution in [0.1, 0.15) is 24.3 Å². The van der Waals surface area contributed by atoms with E-state index in [2.05, 4.69) is 45.4 Å². The molecule has 0 fully saturated rings. The van der Waals surface area contributed by atoms with E-state index in [1.807, 2.05) is 30.3 Å². The number of rotatable bonds is 5. The maximum absolute atomic E-state index is 12.1. The maximum Gasteiger partial charge on any atom is 0.274 e. The number of carbonyl (C=O) groups is 1. The smallest absolute Gasteiger partial charge is 0.274 e. The van der Waals surface area contributed by atoms with Crippen molar-refractivity contribution in [2.45, 2.75) is 13.8 Å². The molecule has 0 aliphatic heterocycles. The number of halogens is 1. The average molecular weight is 348 g/mol. The van der Waals surface area contributed by atoms with Gasteiger partial charge in [0.2, 0.25) is 0 Å². The minimum absolute atomic E-state index is 0.215. The summed E-state index contributed by atoms with van der Waals surface area (Å²) in [5.74, 6) is 0.345. The van der Waals surface area contributed by atoms with Crippen LogP contribution in [0.4, 0.5) is 11.4 Å². The Morgan fingerprint density at radius 3 is 2.38 bits per heavy atom. The van der Waals surface area contributed by atoms with Gasteiger partial charge >= 0.3 is 0 Å². The number of benzene rings is 1. The van der Waals surface area contributed by atoms with Gasteiger partial charge in [-0.3, -0.25) is 4.79 Å². The fraction of sp³-hybridized carbons (Fsp3) is 0.250. The van der Waals surface area contributed by atoms with E-state index in [0.717, 1.165) is 22.4 Å². The Morgan fingerprint density at radius 1 is 1.14 bits per heavy atom. The van der Waals surface area contributed by atoms with Crippen LogP contribution in [-0.2, 0) is 0 Å². The van der Waals surface area contributed by atoms with Crippen LogP contribution in [0.15, 0.2) is 47.1 Å². The Labute approximate surface area is 133 Å². The largest absolute Gasteiger partial charge is 0.384 e. The summed E-state index contributed by atoms with van der Waals surface area (Å²) in [4.78, 5) is 16.3. The number of aromatic nitrogens is 1. The third kappa shape index (κ3) is 4.86. The van der Waals surface area contributed by atoms with Crippen molar-refractivity contribution in [1.82, 2.24) is 4.98 Å². The molecule has 0 saturated heterocycles. The second-order valence-electron chi connectivity index (χ2n) is 5.17. The first-order chi connectivity index (χ1) is 10.0. The lowest BCUT2D eigenvalue weighted by Gasteiger charge is -2.09. The third-order valence-corrected chi connectivity index (χ3v) is 3.34. The van der Waals surface area contributed by atoms with Gasteiger partial charge in [-0.25, -0.2) is 4.98 Å². The van der Waals surface area contributed by atoms with Gasteiger partial charge in [0.25, 0.3) is 5.91 Å². The van der Waals surface area contributed by atoms with E-state index in [9.17, 15) is 4.79 Å². The lowest BCUT2D eigenvalue weighted by molar-refractivity contribution is 0.102. The van der Waals surface area contributed by atoms with Crippen molar-refractivity contribution in [3.63, 3.8) is 0 Å². The normalized spacial score (nSPS) is 10.5. The molecule has 1 heterocycles. The van der Waals surface area contributed by atoms with Crippen molar-refractivity contribution in [2.75, 3.05) is 17.2 Å². The molecule has 2 rings (SSSR count). The van der Waals surface area contributed by atoms with Crippen molar-refractivity contribution >= 4 is 33.2 Å². The molecule has 1 aromatic carbocycles. The van der Waals surface area contributed by atoms with Crippen molar-refractivity contribution in [2.24, 2.45) is 5.92 Å². The van der Waals surface area contributed by atoms with Crippen LogP contribution < -0.4 is 10.6 Å². The Balaban J connectivity index is 1.97. The number of nitrogens with one attached hydrogen (secondary N) is 2. The van der Waals surface area contributed by atoms with Crippen molar-refractivity contribution in [3.05, 3.63) is 52.8 Å². The minimum Gasteiger partial charge on any atom is -0.384 e. The van der Waals surface area contributed by atoms with Crippen LogP contribution in [0.25, 0.3) is 0 Å². The summed E-state index contributed by atoms with van der Waals surface area (Å²) >= 11 is 3.36. The molecule has 0 unspecified atom stereocenters. The highest BCUT2D eigenvalue weighted by molar-refractivity contribution is 9.10. The van der Waals surface area contributed by atoms with E-state index in [1.54, 1.807) is 12.3 Å². The number of hydrogen-bond donors (Lipinski definition) is 2. The van der Waals surface area contributed by atoms with Gasteiger partial charge in [0, 0.05) is 16.7 Å². The predicted octanol–water partition coefficient (Wildman–Crippen LogP) is 4.16. The fourth-order valence-corrected chi connectivity index (χ4v) is 1.95. The highest BCUT2D eigenvalue weighted by Gasteiger charge is 2.07. The van der Waals surface area contributed by atoms with Gasteiger partial charge in [-0.05, 0) is 42.3 Å². The molecule has 1 aromatic heterocycles. The van der Waals surface area contributed by atoms with Crippen molar-refractivity contribution in [1.29, 1.82) is 0 Å². The monoisotopic (exact) mass is 347 g/mol. The minimum atomic E-state index is -0.215. The molecular weight excluding hydrogens is 330 g/mol. The molecule has 0 saturated carbocycles. The first-order valence-corrected chi connectivity index (χ1v) is 7.61. The molecule has 110 valence electrons. The molecule has 0 aliphatic rings. The summed E-state index contributed by atoms with van der Waals surface area (Å²) in [5, 5.41) is 6.08. The van der Waals surface area contributed by atoms with Crippen LogP contribution >= 0.6 is 15.9 Å². The van der Waals surface area contributed by atoms with Gasteiger partial charge in [-0.15, -0.1) is 0 Å². The average Bonchev–Trinajstić information content (AvgIpc) is 2.48. The lowest BCUT2D eigenvalue weighted by Crippen LogP contribution is -2.14. The molecule has 4 nitrogen and oxygen atoms in total. The summed E-state index contributed by atoms with van der Waals surface area (Å²) in [6.45, 7) is 5.16. The fourth-order valence-electron chi connectivity index (χ4n) is 1.68. The van der Waals surface area contributed by atoms with Gasteiger partial charge in [0.05, 0.1) is 11.9 Å². The highest BCUT2D eigenvalue weighted by Crippen LogP contribution is 2.15. The van der Waals surface area contributed by atoms with Gasteiger partial charge in [-0.1, -0.05) is 29.8 Å². The molecule has 0 spiro atoms. The molecule has 0 bridgehead atoms.